The highest BCUT2D eigenvalue weighted by Crippen LogP contribution is 2.37. The minimum absolute atomic E-state index is 0.0155. The van der Waals surface area contributed by atoms with Crippen LogP contribution < -0.4 is 19.5 Å². The van der Waals surface area contributed by atoms with Crippen molar-refractivity contribution < 1.29 is 23.8 Å². The van der Waals surface area contributed by atoms with Gasteiger partial charge >= 0.3 is 0 Å². The predicted molar refractivity (Wildman–Crippen MR) is 117 cm³/mol. The summed E-state index contributed by atoms with van der Waals surface area (Å²) in [5.74, 6) is 2.43. The van der Waals surface area contributed by atoms with Crippen LogP contribution in [0.4, 0.5) is 0 Å². The van der Waals surface area contributed by atoms with Crippen molar-refractivity contribution in [2.75, 3.05) is 34.4 Å². The van der Waals surface area contributed by atoms with Gasteiger partial charge in [-0.1, -0.05) is 13.8 Å². The molecule has 1 N–H and O–H groups in total. The van der Waals surface area contributed by atoms with Crippen LogP contribution in [-0.4, -0.2) is 74.2 Å². The van der Waals surface area contributed by atoms with Gasteiger partial charge in [-0.15, -0.1) is 0 Å². The van der Waals surface area contributed by atoms with E-state index in [9.17, 15) is 9.59 Å². The van der Waals surface area contributed by atoms with Crippen molar-refractivity contribution in [2.45, 2.75) is 58.3 Å². The molecular formula is C23H35N3O5. The third-order valence-electron chi connectivity index (χ3n) is 6.13. The number of hydrogen-bond acceptors (Lipinski definition) is 6. The van der Waals surface area contributed by atoms with Crippen LogP contribution in [0.2, 0.25) is 0 Å². The molecule has 0 spiro atoms. The van der Waals surface area contributed by atoms with Crippen molar-refractivity contribution in [3.63, 3.8) is 0 Å². The molecule has 0 bridgehead atoms. The SMILES string of the molecule is COc1cc(OC)c(OC)cc1CN1C[C@@H]2C[C@H](NC(C)=O)CN2C(=O)[C@@H]1CC(C)C. The van der Waals surface area contributed by atoms with E-state index >= 15 is 0 Å². The molecule has 1 aromatic carbocycles. The van der Waals surface area contributed by atoms with E-state index in [1.165, 1.54) is 6.92 Å². The lowest BCUT2D eigenvalue weighted by molar-refractivity contribution is -0.145. The Bertz CT molecular complexity index is 813. The Morgan fingerprint density at radius 1 is 1.10 bits per heavy atom. The second-order valence-electron chi connectivity index (χ2n) is 8.87. The van der Waals surface area contributed by atoms with Crippen LogP contribution in [-0.2, 0) is 16.1 Å². The number of carbonyl (C=O) groups is 2. The second-order valence-corrected chi connectivity index (χ2v) is 8.87. The number of nitrogens with zero attached hydrogens (tertiary/aromatic N) is 2. The van der Waals surface area contributed by atoms with Crippen LogP contribution in [0, 0.1) is 5.92 Å². The summed E-state index contributed by atoms with van der Waals surface area (Å²) in [4.78, 5) is 29.2. The zero-order chi connectivity index (χ0) is 22.7. The number of hydrogen-bond donors (Lipinski definition) is 1. The molecule has 8 nitrogen and oxygen atoms in total. The van der Waals surface area contributed by atoms with Crippen molar-refractivity contribution >= 4 is 11.8 Å². The van der Waals surface area contributed by atoms with Crippen molar-refractivity contribution in [1.29, 1.82) is 0 Å². The first-order valence-corrected chi connectivity index (χ1v) is 10.9. The maximum absolute atomic E-state index is 13.4. The number of benzene rings is 1. The van der Waals surface area contributed by atoms with Gasteiger partial charge in [0.25, 0.3) is 0 Å². The van der Waals surface area contributed by atoms with Gasteiger partial charge in [-0.25, -0.2) is 0 Å². The molecular weight excluding hydrogens is 398 g/mol. The van der Waals surface area contributed by atoms with Crippen molar-refractivity contribution in [2.24, 2.45) is 5.92 Å². The van der Waals surface area contributed by atoms with E-state index in [0.29, 0.717) is 36.3 Å². The Morgan fingerprint density at radius 3 is 2.32 bits per heavy atom. The van der Waals surface area contributed by atoms with Gasteiger partial charge < -0.3 is 24.4 Å². The summed E-state index contributed by atoms with van der Waals surface area (Å²) in [5.41, 5.74) is 0.951. The number of fused-ring (bicyclic) bond motifs is 1. The van der Waals surface area contributed by atoms with E-state index in [1.807, 2.05) is 17.0 Å². The van der Waals surface area contributed by atoms with Gasteiger partial charge in [0.2, 0.25) is 11.8 Å². The van der Waals surface area contributed by atoms with E-state index in [2.05, 4.69) is 24.1 Å². The Labute approximate surface area is 184 Å². The van der Waals surface area contributed by atoms with Crippen molar-refractivity contribution in [1.82, 2.24) is 15.1 Å². The molecule has 0 saturated carbocycles. The third kappa shape index (κ3) is 5.06. The molecule has 2 fully saturated rings. The summed E-state index contributed by atoms with van der Waals surface area (Å²) >= 11 is 0. The first kappa shape index (κ1) is 23.2. The van der Waals surface area contributed by atoms with E-state index in [0.717, 1.165) is 24.9 Å². The van der Waals surface area contributed by atoms with E-state index in [4.69, 9.17) is 14.2 Å². The molecule has 2 aliphatic heterocycles. The lowest BCUT2D eigenvalue weighted by Crippen LogP contribution is -2.59. The van der Waals surface area contributed by atoms with Gasteiger partial charge in [-0.2, -0.15) is 0 Å². The minimum atomic E-state index is -0.204. The lowest BCUT2D eigenvalue weighted by Gasteiger charge is -2.43. The van der Waals surface area contributed by atoms with Crippen LogP contribution in [0.15, 0.2) is 12.1 Å². The Balaban J connectivity index is 1.88. The summed E-state index contributed by atoms with van der Waals surface area (Å²) < 4.78 is 16.5. The molecule has 172 valence electrons. The number of rotatable bonds is 8. The fourth-order valence-electron chi connectivity index (χ4n) is 4.80. The number of ether oxygens (including phenoxy) is 3. The Hall–Kier alpha value is -2.48. The molecule has 2 aliphatic rings. The quantitative estimate of drug-likeness (QED) is 0.676. The van der Waals surface area contributed by atoms with E-state index in [-0.39, 0.29) is 29.9 Å². The molecule has 1 aromatic rings. The summed E-state index contributed by atoms with van der Waals surface area (Å²) in [7, 11) is 4.84. The molecule has 0 unspecified atom stereocenters. The summed E-state index contributed by atoms with van der Waals surface area (Å²) in [5, 5.41) is 2.98. The molecule has 2 saturated heterocycles. The molecule has 8 heteroatoms. The van der Waals surface area contributed by atoms with Gasteiger partial charge in [-0.3, -0.25) is 14.5 Å². The second kappa shape index (κ2) is 9.77. The standard InChI is InChI=1S/C23H35N3O5/c1-14(2)7-19-23(28)26-12-17(24-15(3)27)9-18(26)13-25(19)11-16-8-21(30-5)22(31-6)10-20(16)29-4/h8,10,14,17-19H,7,9,11-13H2,1-6H3,(H,24,27)/t17-,18-,19-/m0/s1. The summed E-state index contributed by atoms with van der Waals surface area (Å²) in [6, 6.07) is 3.66. The Morgan fingerprint density at radius 2 is 1.74 bits per heavy atom. The molecule has 0 aromatic heterocycles. The van der Waals surface area contributed by atoms with Crippen LogP contribution >= 0.6 is 0 Å². The van der Waals surface area contributed by atoms with E-state index < -0.39 is 0 Å². The largest absolute Gasteiger partial charge is 0.496 e. The number of methoxy groups -OCH3 is 3. The molecule has 0 radical (unpaired) electrons. The monoisotopic (exact) mass is 433 g/mol. The highest BCUT2D eigenvalue weighted by molar-refractivity contribution is 5.84. The van der Waals surface area contributed by atoms with Gasteiger partial charge in [0.1, 0.15) is 5.75 Å². The zero-order valence-electron chi connectivity index (χ0n) is 19.4. The first-order chi connectivity index (χ1) is 14.8. The van der Waals surface area contributed by atoms with Gasteiger partial charge in [-0.05, 0) is 24.8 Å². The van der Waals surface area contributed by atoms with E-state index in [1.54, 1.807) is 21.3 Å². The molecule has 3 rings (SSSR count). The third-order valence-corrected chi connectivity index (χ3v) is 6.13. The van der Waals surface area contributed by atoms with Crippen molar-refractivity contribution in [3.8, 4) is 17.2 Å². The number of piperazine rings is 1. The lowest BCUT2D eigenvalue weighted by atomic mass is 9.96. The topological polar surface area (TPSA) is 80.3 Å². The van der Waals surface area contributed by atoms with Crippen LogP contribution in [0.1, 0.15) is 39.2 Å². The first-order valence-electron chi connectivity index (χ1n) is 10.9. The maximum Gasteiger partial charge on any atom is 0.240 e. The molecule has 2 heterocycles. The highest BCUT2D eigenvalue weighted by Gasteiger charge is 2.45. The summed E-state index contributed by atoms with van der Waals surface area (Å²) in [6.07, 6.45) is 1.56. The molecule has 3 atom stereocenters. The van der Waals surface area contributed by atoms with Gasteiger partial charge in [0, 0.05) is 50.3 Å². The average molecular weight is 434 g/mol. The van der Waals surface area contributed by atoms with Crippen LogP contribution in [0.25, 0.3) is 0 Å². The maximum atomic E-state index is 13.4. The smallest absolute Gasteiger partial charge is 0.240 e. The van der Waals surface area contributed by atoms with Crippen molar-refractivity contribution in [3.05, 3.63) is 17.7 Å². The molecule has 31 heavy (non-hydrogen) atoms. The highest BCUT2D eigenvalue weighted by atomic mass is 16.5. The van der Waals surface area contributed by atoms with Gasteiger partial charge in [0.15, 0.2) is 11.5 Å². The zero-order valence-corrected chi connectivity index (χ0v) is 19.4. The fraction of sp³-hybridized carbons (Fsp3) is 0.652. The predicted octanol–water partition coefficient (Wildman–Crippen LogP) is 2.05. The number of amides is 2. The number of nitrogens with one attached hydrogen (secondary N) is 1. The Kier molecular flexibility index (Phi) is 7.30. The normalized spacial score (nSPS) is 23.6. The minimum Gasteiger partial charge on any atom is -0.496 e. The molecule has 0 aliphatic carbocycles. The average Bonchev–Trinajstić information content (AvgIpc) is 3.12. The molecule has 2 amide bonds. The van der Waals surface area contributed by atoms with Crippen LogP contribution in [0.3, 0.4) is 0 Å². The summed E-state index contributed by atoms with van der Waals surface area (Å²) in [6.45, 7) is 7.72. The fourth-order valence-corrected chi connectivity index (χ4v) is 4.80. The van der Waals surface area contributed by atoms with Crippen LogP contribution in [0.5, 0.6) is 17.2 Å². The number of carbonyl (C=O) groups excluding carboxylic acids is 2. The van der Waals surface area contributed by atoms with Gasteiger partial charge in [0.05, 0.1) is 27.4 Å².